The Hall–Kier alpha value is -3.32. The minimum Gasteiger partial charge on any atom is -0.321 e. The summed E-state index contributed by atoms with van der Waals surface area (Å²) in [6.07, 6.45) is 0.866. The zero-order valence-corrected chi connectivity index (χ0v) is 22.5. The van der Waals surface area contributed by atoms with Crippen LogP contribution in [0.15, 0.2) is 53.3 Å². The third-order valence-corrected chi connectivity index (χ3v) is 6.84. The predicted octanol–water partition coefficient (Wildman–Crippen LogP) is 5.33. The van der Waals surface area contributed by atoms with Gasteiger partial charge in [-0.25, -0.2) is 4.68 Å². The molecular formula is C29H38N6O. The van der Waals surface area contributed by atoms with Gasteiger partial charge in [0.1, 0.15) is 0 Å². The van der Waals surface area contributed by atoms with Gasteiger partial charge < -0.3 is 4.98 Å². The van der Waals surface area contributed by atoms with Crippen LogP contribution in [0, 0.1) is 19.8 Å². The van der Waals surface area contributed by atoms with Gasteiger partial charge in [-0.3, -0.25) is 9.69 Å². The second kappa shape index (κ2) is 10.3. The van der Waals surface area contributed by atoms with E-state index in [0.29, 0.717) is 6.54 Å². The smallest absolute Gasteiger partial charge is 0.252 e. The lowest BCUT2D eigenvalue weighted by atomic mass is 9.98. The SMILES string of the molecule is Cc1ccc(C)c2[nH]c(=O)c(CN(CCc3ccccc3)C(c3nnnn3C(C)(C)C)C(C)C)cc12. The molecule has 1 unspecified atom stereocenters. The molecule has 36 heavy (non-hydrogen) atoms. The van der Waals surface area contributed by atoms with E-state index >= 15 is 0 Å². The van der Waals surface area contributed by atoms with Gasteiger partial charge in [0.2, 0.25) is 0 Å². The van der Waals surface area contributed by atoms with Crippen molar-refractivity contribution in [2.75, 3.05) is 6.54 Å². The average Bonchev–Trinajstić information content (AvgIpc) is 3.31. The van der Waals surface area contributed by atoms with Crippen LogP contribution in [0.1, 0.15) is 68.7 Å². The number of aromatic amines is 1. The monoisotopic (exact) mass is 486 g/mol. The number of hydrogen-bond acceptors (Lipinski definition) is 5. The molecule has 2 aromatic heterocycles. The first-order chi connectivity index (χ1) is 17.1. The quantitative estimate of drug-likeness (QED) is 0.364. The van der Waals surface area contributed by atoms with E-state index in [1.807, 2.05) is 17.7 Å². The number of nitrogens with zero attached hydrogens (tertiary/aromatic N) is 5. The lowest BCUT2D eigenvalue weighted by Gasteiger charge is -2.35. The fourth-order valence-electron chi connectivity index (χ4n) is 4.93. The number of pyridine rings is 1. The van der Waals surface area contributed by atoms with Crippen molar-refractivity contribution in [2.45, 2.75) is 73.0 Å². The molecule has 0 radical (unpaired) electrons. The van der Waals surface area contributed by atoms with E-state index in [1.54, 1.807) is 0 Å². The first kappa shape index (κ1) is 25.8. The Bertz CT molecular complexity index is 1380. The number of aromatic nitrogens is 5. The summed E-state index contributed by atoms with van der Waals surface area (Å²) in [5.41, 5.74) is 4.86. The van der Waals surface area contributed by atoms with Crippen LogP contribution in [0.25, 0.3) is 10.9 Å². The highest BCUT2D eigenvalue weighted by atomic mass is 16.1. The van der Waals surface area contributed by atoms with E-state index < -0.39 is 0 Å². The van der Waals surface area contributed by atoms with E-state index in [4.69, 9.17) is 0 Å². The summed E-state index contributed by atoms with van der Waals surface area (Å²) in [6, 6.07) is 16.6. The highest BCUT2D eigenvalue weighted by molar-refractivity contribution is 5.85. The van der Waals surface area contributed by atoms with E-state index in [9.17, 15) is 4.79 Å². The van der Waals surface area contributed by atoms with Gasteiger partial charge in [0.25, 0.3) is 5.56 Å². The van der Waals surface area contributed by atoms with Crippen LogP contribution in [-0.4, -0.2) is 36.6 Å². The number of H-pyrrole nitrogens is 1. The highest BCUT2D eigenvalue weighted by Gasteiger charge is 2.32. The molecule has 1 N–H and O–H groups in total. The Labute approximate surface area is 213 Å². The van der Waals surface area contributed by atoms with Crippen molar-refractivity contribution < 1.29 is 0 Å². The van der Waals surface area contributed by atoms with Crippen molar-refractivity contribution in [1.82, 2.24) is 30.1 Å². The topological polar surface area (TPSA) is 79.7 Å². The molecule has 4 aromatic rings. The molecule has 2 aromatic carbocycles. The fraction of sp³-hybridized carbons (Fsp3) is 0.448. The van der Waals surface area contributed by atoms with Gasteiger partial charge in [0.15, 0.2) is 5.82 Å². The minimum absolute atomic E-state index is 0.0427. The molecule has 0 aliphatic heterocycles. The number of fused-ring (bicyclic) bond motifs is 1. The minimum atomic E-state index is -0.258. The molecule has 7 nitrogen and oxygen atoms in total. The standard InChI is InChI=1S/C29H38N6O/c1-19(2)26(27-31-32-33-35(27)29(5,6)7)34(16-15-22-11-9-8-10-12-22)18-23-17-24-20(3)13-14-21(4)25(24)30-28(23)36/h8-14,17,19,26H,15-16,18H2,1-7H3,(H,30,36). The Morgan fingerprint density at radius 1 is 1.03 bits per heavy atom. The van der Waals surface area contributed by atoms with Crippen molar-refractivity contribution in [1.29, 1.82) is 0 Å². The number of rotatable bonds is 8. The lowest BCUT2D eigenvalue weighted by Crippen LogP contribution is -2.39. The van der Waals surface area contributed by atoms with Crippen molar-refractivity contribution >= 4 is 10.9 Å². The van der Waals surface area contributed by atoms with E-state index in [0.717, 1.165) is 46.4 Å². The summed E-state index contributed by atoms with van der Waals surface area (Å²) in [6.45, 7) is 16.1. The number of aryl methyl sites for hydroxylation is 2. The maximum atomic E-state index is 13.3. The van der Waals surface area contributed by atoms with Crippen LogP contribution in [0.2, 0.25) is 0 Å². The molecule has 0 saturated carbocycles. The molecule has 190 valence electrons. The Kier molecular flexibility index (Phi) is 7.41. The van der Waals surface area contributed by atoms with Crippen LogP contribution in [0.4, 0.5) is 0 Å². The molecule has 0 fully saturated rings. The maximum Gasteiger partial charge on any atom is 0.252 e. The van der Waals surface area contributed by atoms with Crippen molar-refractivity contribution in [3.8, 4) is 0 Å². The van der Waals surface area contributed by atoms with Crippen LogP contribution >= 0.6 is 0 Å². The number of hydrogen-bond donors (Lipinski definition) is 1. The molecule has 0 spiro atoms. The van der Waals surface area contributed by atoms with Crippen LogP contribution in [0.5, 0.6) is 0 Å². The Balaban J connectivity index is 1.78. The second-order valence-corrected chi connectivity index (χ2v) is 11.1. The molecule has 7 heteroatoms. The third kappa shape index (κ3) is 5.41. The second-order valence-electron chi connectivity index (χ2n) is 11.1. The summed E-state index contributed by atoms with van der Waals surface area (Å²) < 4.78 is 1.92. The van der Waals surface area contributed by atoms with Gasteiger partial charge >= 0.3 is 0 Å². The molecule has 0 saturated heterocycles. The van der Waals surface area contributed by atoms with Gasteiger partial charge in [-0.05, 0) is 80.1 Å². The molecule has 1 atom stereocenters. The Morgan fingerprint density at radius 2 is 1.72 bits per heavy atom. The molecule has 2 heterocycles. The van der Waals surface area contributed by atoms with Gasteiger partial charge in [0.05, 0.1) is 17.1 Å². The molecule has 0 amide bonds. The largest absolute Gasteiger partial charge is 0.321 e. The number of nitrogens with one attached hydrogen (secondary N) is 1. The highest BCUT2D eigenvalue weighted by Crippen LogP contribution is 2.31. The van der Waals surface area contributed by atoms with Crippen molar-refractivity contribution in [3.63, 3.8) is 0 Å². The number of benzene rings is 2. The van der Waals surface area contributed by atoms with Gasteiger partial charge in [-0.15, -0.1) is 5.10 Å². The van der Waals surface area contributed by atoms with Crippen LogP contribution in [-0.2, 0) is 18.5 Å². The zero-order valence-electron chi connectivity index (χ0n) is 22.5. The summed E-state index contributed by atoms with van der Waals surface area (Å²) >= 11 is 0. The Morgan fingerprint density at radius 3 is 2.39 bits per heavy atom. The maximum absolute atomic E-state index is 13.3. The summed E-state index contributed by atoms with van der Waals surface area (Å²) in [5.74, 6) is 1.06. The average molecular weight is 487 g/mol. The molecule has 0 aliphatic rings. The van der Waals surface area contributed by atoms with Gasteiger partial charge in [0, 0.05) is 24.0 Å². The first-order valence-electron chi connectivity index (χ1n) is 12.7. The van der Waals surface area contributed by atoms with Crippen molar-refractivity contribution in [3.05, 3.63) is 87.0 Å². The zero-order chi connectivity index (χ0) is 26.0. The van der Waals surface area contributed by atoms with Gasteiger partial charge in [-0.2, -0.15) is 0 Å². The van der Waals surface area contributed by atoms with Crippen LogP contribution in [0.3, 0.4) is 0 Å². The lowest BCUT2D eigenvalue weighted by molar-refractivity contribution is 0.129. The molecule has 0 bridgehead atoms. The summed E-state index contributed by atoms with van der Waals surface area (Å²) in [5, 5.41) is 14.0. The molecule has 0 aliphatic carbocycles. The fourth-order valence-corrected chi connectivity index (χ4v) is 4.93. The van der Waals surface area contributed by atoms with Crippen molar-refractivity contribution in [2.24, 2.45) is 5.92 Å². The van der Waals surface area contributed by atoms with E-state index in [2.05, 4.69) is 109 Å². The first-order valence-corrected chi connectivity index (χ1v) is 12.7. The van der Waals surface area contributed by atoms with E-state index in [-0.39, 0.29) is 23.1 Å². The van der Waals surface area contributed by atoms with Crippen LogP contribution < -0.4 is 5.56 Å². The third-order valence-electron chi connectivity index (χ3n) is 6.84. The normalized spacial score (nSPS) is 13.1. The predicted molar refractivity (Wildman–Crippen MR) is 145 cm³/mol. The summed E-state index contributed by atoms with van der Waals surface area (Å²) in [4.78, 5) is 18.8. The molecule has 4 rings (SSSR count). The van der Waals surface area contributed by atoms with Gasteiger partial charge in [-0.1, -0.05) is 56.3 Å². The van der Waals surface area contributed by atoms with E-state index in [1.165, 1.54) is 5.56 Å². The number of tetrazole rings is 1. The molecular weight excluding hydrogens is 448 g/mol. The summed E-state index contributed by atoms with van der Waals surface area (Å²) in [7, 11) is 0.